The Labute approximate surface area is 589 Å². The van der Waals surface area contributed by atoms with Gasteiger partial charge in [0.05, 0.1) is 22.2 Å². The van der Waals surface area contributed by atoms with Crippen molar-refractivity contribution < 1.29 is 18.0 Å². The minimum atomic E-state index is -4.54. The van der Waals surface area contributed by atoms with Gasteiger partial charge < -0.3 is 46.2 Å². The molecule has 4 heterocycles. The van der Waals surface area contributed by atoms with Gasteiger partial charge in [0, 0.05) is 168 Å². The average molecular weight is 1360 g/mol. The summed E-state index contributed by atoms with van der Waals surface area (Å²) in [6.45, 7) is 25.9. The topological polar surface area (TPSA) is 118 Å². The van der Waals surface area contributed by atoms with Crippen LogP contribution in [-0.2, 0) is 17.4 Å². The van der Waals surface area contributed by atoms with E-state index in [-0.39, 0.29) is 58.8 Å². The van der Waals surface area contributed by atoms with Gasteiger partial charge in [-0.05, 0) is 164 Å². The molecule has 97 heavy (non-hydrogen) atoms. The van der Waals surface area contributed by atoms with Crippen molar-refractivity contribution in [1.29, 1.82) is 0 Å². The molecule has 5 unspecified atom stereocenters. The number of benzene rings is 2. The van der Waals surface area contributed by atoms with Crippen LogP contribution in [0.5, 0.6) is 0 Å². The van der Waals surface area contributed by atoms with Crippen molar-refractivity contribution in [3.8, 4) is 0 Å². The molecule has 4 aliphatic heterocycles. The highest BCUT2D eigenvalue weighted by Crippen LogP contribution is 2.44. The summed E-state index contributed by atoms with van der Waals surface area (Å²) in [5.41, 5.74) is 5.07. The van der Waals surface area contributed by atoms with Gasteiger partial charge in [0.2, 0.25) is 5.91 Å². The number of halogens is 4. The summed E-state index contributed by atoms with van der Waals surface area (Å²) < 4.78 is 41.6. The summed E-state index contributed by atoms with van der Waals surface area (Å²) in [5, 5.41) is 20.7. The van der Waals surface area contributed by atoms with Gasteiger partial charge in [-0.25, -0.2) is 0 Å². The monoisotopic (exact) mass is 1360 g/mol. The second-order valence-corrected chi connectivity index (χ2v) is 31.7. The van der Waals surface area contributed by atoms with Gasteiger partial charge in [-0.15, -0.1) is 0 Å². The predicted molar refractivity (Wildman–Crippen MR) is 398 cm³/mol. The van der Waals surface area contributed by atoms with Crippen molar-refractivity contribution >= 4 is 28.9 Å². The molecule has 6 fully saturated rings. The Balaban J connectivity index is 1.07. The van der Waals surface area contributed by atoms with E-state index in [9.17, 15) is 13.2 Å². The summed E-state index contributed by atoms with van der Waals surface area (Å²) in [6, 6.07) is 16.1. The number of carbonyl (C=O) groups is 1. The third kappa shape index (κ3) is 22.0. The summed E-state index contributed by atoms with van der Waals surface area (Å²) in [6.07, 6.45) is 34.4. The summed E-state index contributed by atoms with van der Waals surface area (Å²) in [5.74, 6) is 2.47. The predicted octanol–water partition coefficient (Wildman–Crippen LogP) is 15.7. The van der Waals surface area contributed by atoms with Crippen LogP contribution in [-0.4, -0.2) is 162 Å². The third-order valence-electron chi connectivity index (χ3n) is 23.3. The lowest BCUT2D eigenvalue weighted by Crippen LogP contribution is -2.76. The standard InChI is InChI=1S/C80H126ClF3N12O/c1-11-58(4)73-51-89-72(47-57(2)3)60(6)88-52-75-76(78(97)94-43-24-15-25-44-94)62(8)96(75)77(66-31-20-14-21-32-66)61(7)91-79(39-22-23-40-79)56-85-50-74(65-29-18-13-19-30-65)87-41-38-67(36-34-64-35-37-70(71(81)49-64)80(82,83)84)86-42-46-92(9)54-69(48-63-27-16-12-17-28-63)93(10)55-68-33-26-45-95(68)53-59(5)90-73/h13,18-19,29-30,35,37-38,41-42,46,49,54-55,57-63,66,72-73,75-77,85,88-91H,11-12,14-17,20-28,31-34,36,39-40,43-45,47-48,50-53,56H2,1-10H3/t58-,59?,60?,61?,62?,72-,73+,75?,76-,77+/m0/s1. The van der Waals surface area contributed by atoms with Crippen LogP contribution in [0.2, 0.25) is 5.02 Å². The molecule has 2 aromatic carbocycles. The van der Waals surface area contributed by atoms with Crippen LogP contribution in [0, 0.1) is 29.6 Å². The molecule has 5 N–H and O–H groups in total. The second-order valence-electron chi connectivity index (χ2n) is 31.2. The average Bonchev–Trinajstić information content (AvgIpc) is 0.847. The van der Waals surface area contributed by atoms with Crippen LogP contribution in [0.1, 0.15) is 220 Å². The molecule has 17 heteroatoms. The summed E-state index contributed by atoms with van der Waals surface area (Å²) >= 11 is 6.28. The fraction of sp³-hybridized carbons (Fsp3) is 0.713. The number of aryl methyl sites for hydroxylation is 1. The lowest BCUT2D eigenvalue weighted by atomic mass is 9.71. The molecule has 3 saturated heterocycles. The van der Waals surface area contributed by atoms with Crippen LogP contribution in [0.15, 0.2) is 107 Å². The van der Waals surface area contributed by atoms with Crippen LogP contribution >= 0.6 is 11.6 Å². The lowest BCUT2D eigenvalue weighted by Gasteiger charge is -2.61. The van der Waals surface area contributed by atoms with Crippen LogP contribution in [0.4, 0.5) is 13.2 Å². The molecule has 3 aliphatic carbocycles. The number of likely N-dealkylation sites (tertiary alicyclic amines) is 1. The van der Waals surface area contributed by atoms with Gasteiger partial charge in [-0.2, -0.15) is 13.2 Å². The Morgan fingerprint density at radius 1 is 0.784 bits per heavy atom. The zero-order chi connectivity index (χ0) is 69.1. The normalized spacial score (nSPS) is 28.9. The van der Waals surface area contributed by atoms with E-state index >= 15 is 4.79 Å². The highest BCUT2D eigenvalue weighted by Gasteiger charge is 2.56. The van der Waals surface area contributed by atoms with Gasteiger partial charge in [-0.3, -0.25) is 19.7 Å². The molecule has 10 atom stereocenters. The minimum absolute atomic E-state index is 0.0539. The van der Waals surface area contributed by atoms with Gasteiger partial charge in [0.1, 0.15) is 0 Å². The van der Waals surface area contributed by atoms with E-state index < -0.39 is 11.7 Å². The lowest BCUT2D eigenvalue weighted by molar-refractivity contribution is -0.163. The molecule has 3 saturated carbocycles. The number of alkyl halides is 3. The zero-order valence-electron chi connectivity index (χ0n) is 61.3. The van der Waals surface area contributed by atoms with E-state index in [1.54, 1.807) is 0 Å². The molecule has 0 radical (unpaired) electrons. The second kappa shape index (κ2) is 37.4. The molecular weight excluding hydrogens is 1240 g/mol. The molecule has 9 rings (SSSR count). The highest BCUT2D eigenvalue weighted by atomic mass is 35.5. The number of hydrogen-bond acceptors (Lipinski definition) is 12. The summed E-state index contributed by atoms with van der Waals surface area (Å²) in [4.78, 5) is 37.6. The first kappa shape index (κ1) is 76.6. The molecule has 13 nitrogen and oxygen atoms in total. The quantitative estimate of drug-likeness (QED) is 0.141. The van der Waals surface area contributed by atoms with Crippen LogP contribution in [0.25, 0.3) is 0 Å². The minimum Gasteiger partial charge on any atom is -0.372 e. The number of piperidine rings is 1. The highest BCUT2D eigenvalue weighted by molar-refractivity contribution is 6.31. The van der Waals surface area contributed by atoms with Crippen molar-refractivity contribution in [1.82, 2.24) is 51.1 Å². The Kier molecular flexibility index (Phi) is 29.5. The molecule has 2 aromatic rings. The van der Waals surface area contributed by atoms with E-state index in [0.29, 0.717) is 60.6 Å². The number of nitrogens with zero attached hydrogens (tertiary/aromatic N) is 7. The summed E-state index contributed by atoms with van der Waals surface area (Å²) in [7, 11) is 4.30. The Morgan fingerprint density at radius 3 is 2.19 bits per heavy atom. The van der Waals surface area contributed by atoms with E-state index in [2.05, 4.69) is 157 Å². The fourth-order valence-electron chi connectivity index (χ4n) is 17.6. The number of rotatable bonds is 12. The molecule has 540 valence electrons. The van der Waals surface area contributed by atoms with Gasteiger partial charge in [-0.1, -0.05) is 146 Å². The van der Waals surface area contributed by atoms with Gasteiger partial charge in [0.15, 0.2) is 0 Å². The first-order chi connectivity index (χ1) is 46.7. The molecule has 0 aromatic heterocycles. The van der Waals surface area contributed by atoms with Gasteiger partial charge >= 0.3 is 6.18 Å². The van der Waals surface area contributed by atoms with E-state index in [1.807, 2.05) is 30.7 Å². The maximum atomic E-state index is 15.1. The van der Waals surface area contributed by atoms with Crippen molar-refractivity contribution in [3.63, 3.8) is 0 Å². The Hall–Kier alpha value is -4.55. The van der Waals surface area contributed by atoms with Gasteiger partial charge in [0.25, 0.3) is 0 Å². The number of carbonyl (C=O) groups excluding carboxylic acids is 1. The van der Waals surface area contributed by atoms with E-state index in [1.165, 1.54) is 107 Å². The van der Waals surface area contributed by atoms with Crippen molar-refractivity contribution in [3.05, 3.63) is 119 Å². The Morgan fingerprint density at radius 2 is 1.49 bits per heavy atom. The molecule has 1 spiro atoms. The largest absolute Gasteiger partial charge is 0.417 e. The van der Waals surface area contributed by atoms with Crippen LogP contribution in [0.3, 0.4) is 0 Å². The molecule has 1 amide bonds. The smallest absolute Gasteiger partial charge is 0.372 e. The van der Waals surface area contributed by atoms with E-state index in [0.717, 1.165) is 127 Å². The third-order valence-corrected chi connectivity index (χ3v) is 23.6. The van der Waals surface area contributed by atoms with Crippen molar-refractivity contribution in [2.45, 2.75) is 270 Å². The first-order valence-corrected chi connectivity index (χ1v) is 38.8. The van der Waals surface area contributed by atoms with Crippen LogP contribution < -0.4 is 26.6 Å². The molecule has 0 bridgehead atoms. The molecular formula is C80H126ClF3N12O. The maximum Gasteiger partial charge on any atom is 0.417 e. The van der Waals surface area contributed by atoms with Crippen molar-refractivity contribution in [2.24, 2.45) is 39.6 Å². The Bertz CT molecular complexity index is 2920. The number of nitrogens with one attached hydrogen (secondary N) is 5. The number of amides is 1. The number of aliphatic imine (C=N–C) groups is 2. The zero-order valence-corrected chi connectivity index (χ0v) is 62.0. The maximum absolute atomic E-state index is 15.1. The van der Waals surface area contributed by atoms with Crippen molar-refractivity contribution in [2.75, 3.05) is 66.5 Å². The fourth-order valence-corrected chi connectivity index (χ4v) is 18.0. The number of hydrogen-bond donors (Lipinski definition) is 5. The number of fused-ring (bicyclic) bond motifs is 2. The molecule has 7 aliphatic rings. The first-order valence-electron chi connectivity index (χ1n) is 38.4. The number of allylic oxidation sites excluding steroid dienone is 3. The van der Waals surface area contributed by atoms with E-state index in [4.69, 9.17) is 21.6 Å². The SMILES string of the molecule is CC[C@H](C)[C@H]1CN[C@@H](CC(C)C)C(C)NCC2[C@@H](C(=O)N3CCCCC3)C(C)N2[C@@H](C2CCCCC2)C(C)NC2(CCCC2)CNCC(c2ccccc2)=NC=CC(CCc2ccc(C(F)(F)F)c(Cl)c2)=NC=CN(C)C=C(CC2CCCCC2)N(C)C=C2CCCN2CC(C)N1.